The van der Waals surface area contributed by atoms with Gasteiger partial charge in [0.05, 0.1) is 5.69 Å². The van der Waals surface area contributed by atoms with Crippen LogP contribution in [0.5, 0.6) is 0 Å². The number of aryl methyl sites for hydroxylation is 1. The average molecular weight is 487 g/mol. The van der Waals surface area contributed by atoms with E-state index < -0.39 is 0 Å². The van der Waals surface area contributed by atoms with Crippen LogP contribution < -0.4 is 0 Å². The van der Waals surface area contributed by atoms with Crippen LogP contribution in [0.25, 0.3) is 11.1 Å². The number of nitrogens with zero attached hydrogens (tertiary/aromatic N) is 1. The summed E-state index contributed by atoms with van der Waals surface area (Å²) < 4.78 is 0. The molecule has 2 aromatic carbocycles. The van der Waals surface area contributed by atoms with Crippen LogP contribution in [0.1, 0.15) is 55.5 Å². The van der Waals surface area contributed by atoms with Gasteiger partial charge in [0.15, 0.2) is 0 Å². The molecular formula is C21H23Cl3NZr-. The van der Waals surface area contributed by atoms with Crippen molar-refractivity contribution in [1.29, 1.82) is 0 Å². The molecule has 0 saturated heterocycles. The van der Waals surface area contributed by atoms with E-state index in [1.165, 1.54) is 39.0 Å². The summed E-state index contributed by atoms with van der Waals surface area (Å²) in [6.45, 7) is 11.1. The van der Waals surface area contributed by atoms with Gasteiger partial charge in [0.1, 0.15) is 0 Å². The molecule has 2 aliphatic rings. The zero-order chi connectivity index (χ0) is 15.6. The molecule has 0 amide bonds. The van der Waals surface area contributed by atoms with Gasteiger partial charge in [0.2, 0.25) is 0 Å². The fraction of sp³-hybridized carbons (Fsp3) is 0.286. The van der Waals surface area contributed by atoms with Crippen molar-refractivity contribution in [2.75, 3.05) is 0 Å². The third-order valence-electron chi connectivity index (χ3n) is 4.70. The normalized spacial score (nSPS) is 13.2. The molecule has 0 aromatic heterocycles. The van der Waals surface area contributed by atoms with Gasteiger partial charge in [-0.25, -0.2) is 0 Å². The van der Waals surface area contributed by atoms with Crippen LogP contribution in [-0.2, 0) is 31.6 Å². The number of hydrogen-bond acceptors (Lipinski definition) is 1. The zero-order valence-corrected chi connectivity index (χ0v) is 20.5. The minimum Gasteiger partial charge on any atom is -0.258 e. The predicted octanol–water partition coefficient (Wildman–Crippen LogP) is 6.73. The Hall–Kier alpha value is -0.397. The Morgan fingerprint density at radius 2 is 1.58 bits per heavy atom. The first-order valence-electron chi connectivity index (χ1n) is 7.84. The summed E-state index contributed by atoms with van der Waals surface area (Å²) in [5, 5.41) is 0. The quantitative estimate of drug-likeness (QED) is 0.366. The second kappa shape index (κ2) is 8.74. The molecule has 0 spiro atoms. The van der Waals surface area contributed by atoms with Crippen molar-refractivity contribution in [2.24, 2.45) is 4.99 Å². The standard InChI is InChI=1S/C21H20N.3ClH.Zr/c1-12-6-9-18-17(10-12)19-13(2)15-8-7-14(21(3,4)5)11-16(15)20(19)22-18;;;;/h6-7,9-11H,1-5H3;3*1H;/q-1;;;;. The van der Waals surface area contributed by atoms with Crippen LogP contribution in [0.4, 0.5) is 5.69 Å². The van der Waals surface area contributed by atoms with E-state index in [-0.39, 0.29) is 68.8 Å². The maximum Gasteiger partial charge on any atom is 0.0698 e. The molecule has 4 rings (SSSR count). The Morgan fingerprint density at radius 3 is 2.19 bits per heavy atom. The third kappa shape index (κ3) is 3.90. The molecular weight excluding hydrogens is 464 g/mol. The summed E-state index contributed by atoms with van der Waals surface area (Å²) in [7, 11) is 0. The van der Waals surface area contributed by atoms with E-state index in [1.54, 1.807) is 0 Å². The Bertz CT molecular complexity index is 893. The van der Waals surface area contributed by atoms with E-state index in [9.17, 15) is 0 Å². The van der Waals surface area contributed by atoms with Crippen LogP contribution >= 0.6 is 37.2 Å². The molecule has 1 heterocycles. The first kappa shape index (κ1) is 25.6. The van der Waals surface area contributed by atoms with Crippen molar-refractivity contribution in [3.63, 3.8) is 0 Å². The number of rotatable bonds is 0. The number of hydrogen-bond donors (Lipinski definition) is 0. The minimum atomic E-state index is 0. The van der Waals surface area contributed by atoms with Crippen LogP contribution in [0, 0.1) is 13.0 Å². The summed E-state index contributed by atoms with van der Waals surface area (Å²) in [5.74, 6) is 0. The molecule has 0 bridgehead atoms. The Balaban J connectivity index is 0.00000156. The molecule has 0 fully saturated rings. The molecule has 1 aliphatic heterocycles. The van der Waals surface area contributed by atoms with Crippen LogP contribution in [0.15, 0.2) is 35.3 Å². The number of aliphatic imine (C=N–C) groups is 1. The summed E-state index contributed by atoms with van der Waals surface area (Å²) in [6, 6.07) is 14.5. The smallest absolute Gasteiger partial charge is 0.0698 e. The van der Waals surface area contributed by atoms with Crippen LogP contribution in [-0.4, -0.2) is 5.71 Å². The third-order valence-corrected chi connectivity index (χ3v) is 4.70. The van der Waals surface area contributed by atoms with Gasteiger partial charge < -0.3 is 0 Å². The molecule has 26 heavy (non-hydrogen) atoms. The largest absolute Gasteiger partial charge is 0.258 e. The molecule has 0 atom stereocenters. The average Bonchev–Trinajstić information content (AvgIpc) is 2.94. The molecule has 5 heteroatoms. The van der Waals surface area contributed by atoms with Gasteiger partial charge >= 0.3 is 0 Å². The maximum atomic E-state index is 4.91. The Kier molecular flexibility index (Phi) is 8.61. The van der Waals surface area contributed by atoms with Crippen molar-refractivity contribution in [2.45, 2.75) is 40.0 Å². The fourth-order valence-electron chi connectivity index (χ4n) is 3.38. The van der Waals surface area contributed by atoms with Crippen molar-refractivity contribution in [3.8, 4) is 0 Å². The summed E-state index contributed by atoms with van der Waals surface area (Å²) in [5.41, 5.74) is 11.3. The van der Waals surface area contributed by atoms with Gasteiger partial charge in [-0.15, -0.1) is 72.1 Å². The second-order valence-electron chi connectivity index (χ2n) is 7.41. The number of benzene rings is 2. The van der Waals surface area contributed by atoms with Crippen molar-refractivity contribution in [1.82, 2.24) is 0 Å². The predicted molar refractivity (Wildman–Crippen MR) is 116 cm³/mol. The topological polar surface area (TPSA) is 12.4 Å². The number of fused-ring (bicyclic) bond motifs is 5. The van der Waals surface area contributed by atoms with E-state index in [2.05, 4.69) is 71.0 Å². The molecule has 1 aliphatic carbocycles. The SMILES string of the molecule is CC1=C2C(=Nc3ccc(C)cc32)c2cc(C(C)(C)C)c[c-]c21.Cl.Cl.Cl.[Zr]. The van der Waals surface area contributed by atoms with E-state index in [4.69, 9.17) is 4.99 Å². The molecule has 0 radical (unpaired) electrons. The van der Waals surface area contributed by atoms with Crippen molar-refractivity contribution >= 4 is 59.8 Å². The van der Waals surface area contributed by atoms with Crippen molar-refractivity contribution < 1.29 is 26.2 Å². The van der Waals surface area contributed by atoms with Gasteiger partial charge in [-0.05, 0) is 29.5 Å². The van der Waals surface area contributed by atoms with Gasteiger partial charge in [-0.1, -0.05) is 51.0 Å². The number of allylic oxidation sites excluding steroid dienone is 2. The van der Waals surface area contributed by atoms with E-state index >= 15 is 0 Å². The monoisotopic (exact) mass is 484 g/mol. The fourth-order valence-corrected chi connectivity index (χ4v) is 3.38. The second-order valence-corrected chi connectivity index (χ2v) is 7.41. The van der Waals surface area contributed by atoms with Gasteiger partial charge in [-0.2, -0.15) is 0 Å². The van der Waals surface area contributed by atoms with E-state index in [1.807, 2.05) is 0 Å². The molecule has 0 saturated carbocycles. The molecule has 138 valence electrons. The first-order chi connectivity index (χ1) is 10.4. The molecule has 0 unspecified atom stereocenters. The minimum absolute atomic E-state index is 0. The summed E-state index contributed by atoms with van der Waals surface area (Å²) in [6.07, 6.45) is 0. The van der Waals surface area contributed by atoms with E-state index in [0.29, 0.717) is 0 Å². The van der Waals surface area contributed by atoms with Crippen LogP contribution in [0.2, 0.25) is 0 Å². The Morgan fingerprint density at radius 1 is 0.923 bits per heavy atom. The van der Waals surface area contributed by atoms with Gasteiger partial charge in [-0.3, -0.25) is 4.99 Å². The summed E-state index contributed by atoms with van der Waals surface area (Å²) >= 11 is 0. The Labute approximate surface area is 194 Å². The van der Waals surface area contributed by atoms with Gasteiger partial charge in [0.25, 0.3) is 0 Å². The molecule has 0 N–H and O–H groups in total. The zero-order valence-electron chi connectivity index (χ0n) is 15.6. The summed E-state index contributed by atoms with van der Waals surface area (Å²) in [4.78, 5) is 4.91. The van der Waals surface area contributed by atoms with Gasteiger partial charge in [0, 0.05) is 31.9 Å². The first-order valence-corrected chi connectivity index (χ1v) is 7.84. The molecule has 2 aromatic rings. The maximum absolute atomic E-state index is 4.91. The molecule has 1 nitrogen and oxygen atoms in total. The number of halogens is 3. The van der Waals surface area contributed by atoms with Crippen LogP contribution in [0.3, 0.4) is 0 Å². The van der Waals surface area contributed by atoms with E-state index in [0.717, 1.165) is 11.4 Å². The van der Waals surface area contributed by atoms with Crippen molar-refractivity contribution in [3.05, 3.63) is 64.2 Å².